The van der Waals surface area contributed by atoms with Gasteiger partial charge in [0.15, 0.2) is 12.6 Å². The number of ether oxygens (including phenoxy) is 1. The Balaban J connectivity index is 1.85. The van der Waals surface area contributed by atoms with Crippen molar-refractivity contribution < 1.29 is 24.2 Å². The zero-order valence-corrected chi connectivity index (χ0v) is 18.0. The highest BCUT2D eigenvalue weighted by Crippen LogP contribution is 2.19. The number of anilines is 2. The zero-order valence-electron chi connectivity index (χ0n) is 18.0. The molecule has 8 nitrogen and oxygen atoms in total. The lowest BCUT2D eigenvalue weighted by Crippen LogP contribution is -2.45. The largest absolute Gasteiger partial charge is 0.454 e. The first-order chi connectivity index (χ1) is 14.8. The number of nitrogens with zero attached hydrogens (tertiary/aromatic N) is 1. The van der Waals surface area contributed by atoms with Crippen molar-refractivity contribution in [3.63, 3.8) is 0 Å². The molecule has 2 amide bonds. The smallest absolute Gasteiger partial charge is 0.331 e. The van der Waals surface area contributed by atoms with Crippen LogP contribution in [-0.2, 0) is 14.3 Å². The first kappa shape index (κ1) is 23.9. The highest BCUT2D eigenvalue weighted by atomic mass is 16.5. The minimum absolute atomic E-state index is 0.342. The van der Waals surface area contributed by atoms with E-state index in [4.69, 9.17) is 4.74 Å². The molecule has 2 aromatic rings. The van der Waals surface area contributed by atoms with Crippen LogP contribution in [0.25, 0.3) is 0 Å². The van der Waals surface area contributed by atoms with Crippen molar-refractivity contribution in [1.82, 2.24) is 5.32 Å². The van der Waals surface area contributed by atoms with E-state index >= 15 is 0 Å². The number of esters is 1. The van der Waals surface area contributed by atoms with E-state index in [0.29, 0.717) is 17.3 Å². The number of aliphatic hydroxyl groups excluding tert-OH is 1. The molecular formula is C23H29N3O5. The molecule has 2 aromatic carbocycles. The fourth-order valence-corrected chi connectivity index (χ4v) is 3.03. The number of carbonyl (C=O) groups is 3. The molecule has 0 bridgehead atoms. The van der Waals surface area contributed by atoms with Gasteiger partial charge in [-0.2, -0.15) is 0 Å². The third-order valence-corrected chi connectivity index (χ3v) is 4.60. The molecule has 166 valence electrons. The Labute approximate surface area is 182 Å². The van der Waals surface area contributed by atoms with Gasteiger partial charge in [0, 0.05) is 29.5 Å². The zero-order chi connectivity index (χ0) is 22.8. The van der Waals surface area contributed by atoms with Gasteiger partial charge in [0.05, 0.1) is 6.61 Å². The molecule has 0 fully saturated rings. The summed E-state index contributed by atoms with van der Waals surface area (Å²) < 4.78 is 4.94. The lowest BCUT2D eigenvalue weighted by Gasteiger charge is -2.27. The second kappa shape index (κ2) is 11.7. The standard InChI is InChI=1S/C23H29N3O5/c1-4-26(16(2)3)19-12-10-18(11-13-19)24-21(28)15-31-23(30)20(14-27)25-22(29)17-8-6-5-7-9-17/h5-13,16,20,27H,4,14-15H2,1-3H3,(H,24,28)(H,25,29). The second-order valence-electron chi connectivity index (χ2n) is 7.16. The number of nitrogens with one attached hydrogen (secondary N) is 2. The summed E-state index contributed by atoms with van der Waals surface area (Å²) in [7, 11) is 0. The van der Waals surface area contributed by atoms with Gasteiger partial charge >= 0.3 is 5.97 Å². The third kappa shape index (κ3) is 7.11. The van der Waals surface area contributed by atoms with Crippen molar-refractivity contribution in [3.05, 3.63) is 60.2 Å². The maximum atomic E-state index is 12.1. The van der Waals surface area contributed by atoms with Crippen molar-refractivity contribution >= 4 is 29.2 Å². The summed E-state index contributed by atoms with van der Waals surface area (Å²) in [5, 5.41) is 14.4. The van der Waals surface area contributed by atoms with E-state index < -0.39 is 37.0 Å². The van der Waals surface area contributed by atoms with Crippen LogP contribution < -0.4 is 15.5 Å². The fraction of sp³-hybridized carbons (Fsp3) is 0.348. The molecule has 1 atom stereocenters. The Morgan fingerprint density at radius 3 is 2.23 bits per heavy atom. The molecule has 0 saturated heterocycles. The number of carbonyl (C=O) groups excluding carboxylic acids is 3. The van der Waals surface area contributed by atoms with E-state index in [1.807, 2.05) is 12.1 Å². The van der Waals surface area contributed by atoms with Gasteiger partial charge in [0.2, 0.25) is 0 Å². The topological polar surface area (TPSA) is 108 Å². The summed E-state index contributed by atoms with van der Waals surface area (Å²) in [5.41, 5.74) is 1.96. The van der Waals surface area contributed by atoms with Gasteiger partial charge in [-0.1, -0.05) is 18.2 Å². The highest BCUT2D eigenvalue weighted by Gasteiger charge is 2.23. The minimum Gasteiger partial charge on any atom is -0.454 e. The van der Waals surface area contributed by atoms with Gasteiger partial charge in [-0.3, -0.25) is 9.59 Å². The van der Waals surface area contributed by atoms with Crippen molar-refractivity contribution in [2.24, 2.45) is 0 Å². The Kier molecular flexibility index (Phi) is 9.02. The lowest BCUT2D eigenvalue weighted by atomic mass is 10.2. The summed E-state index contributed by atoms with van der Waals surface area (Å²) >= 11 is 0. The van der Waals surface area contributed by atoms with Gasteiger partial charge in [0.1, 0.15) is 0 Å². The third-order valence-electron chi connectivity index (χ3n) is 4.60. The predicted molar refractivity (Wildman–Crippen MR) is 119 cm³/mol. The summed E-state index contributed by atoms with van der Waals surface area (Å²) in [6, 6.07) is 14.7. The number of amides is 2. The molecule has 0 aromatic heterocycles. The van der Waals surface area contributed by atoms with E-state index in [2.05, 4.69) is 36.3 Å². The van der Waals surface area contributed by atoms with Gasteiger partial charge in [-0.25, -0.2) is 4.79 Å². The average Bonchev–Trinajstić information content (AvgIpc) is 2.77. The van der Waals surface area contributed by atoms with Gasteiger partial charge < -0.3 is 25.4 Å². The first-order valence-corrected chi connectivity index (χ1v) is 10.2. The van der Waals surface area contributed by atoms with Crippen molar-refractivity contribution in [2.75, 3.05) is 30.0 Å². The normalized spacial score (nSPS) is 11.5. The molecule has 0 saturated carbocycles. The van der Waals surface area contributed by atoms with E-state index in [-0.39, 0.29) is 0 Å². The number of aliphatic hydroxyl groups is 1. The van der Waals surface area contributed by atoms with Crippen LogP contribution in [0.4, 0.5) is 11.4 Å². The summed E-state index contributed by atoms with van der Waals surface area (Å²) in [4.78, 5) is 38.6. The molecule has 0 spiro atoms. The van der Waals surface area contributed by atoms with Crippen molar-refractivity contribution in [1.29, 1.82) is 0 Å². The van der Waals surface area contributed by atoms with E-state index in [1.165, 1.54) is 0 Å². The SMILES string of the molecule is CCN(c1ccc(NC(=O)COC(=O)C(CO)NC(=O)c2ccccc2)cc1)C(C)C. The predicted octanol–water partition coefficient (Wildman–Crippen LogP) is 2.19. The van der Waals surface area contributed by atoms with E-state index in [0.717, 1.165) is 12.2 Å². The van der Waals surface area contributed by atoms with Crippen LogP contribution in [0.2, 0.25) is 0 Å². The molecular weight excluding hydrogens is 398 g/mol. The quantitative estimate of drug-likeness (QED) is 0.502. The molecule has 0 radical (unpaired) electrons. The Morgan fingerprint density at radius 1 is 1.03 bits per heavy atom. The number of hydrogen-bond donors (Lipinski definition) is 3. The van der Waals surface area contributed by atoms with Gasteiger partial charge in [-0.05, 0) is 57.2 Å². The Bertz CT molecular complexity index is 869. The molecule has 0 aliphatic rings. The molecule has 0 aliphatic heterocycles. The van der Waals surface area contributed by atoms with Crippen molar-refractivity contribution in [3.8, 4) is 0 Å². The molecule has 31 heavy (non-hydrogen) atoms. The van der Waals surface area contributed by atoms with Crippen LogP contribution in [0.1, 0.15) is 31.1 Å². The maximum absolute atomic E-state index is 12.1. The maximum Gasteiger partial charge on any atom is 0.331 e. The van der Waals surface area contributed by atoms with Crippen LogP contribution in [0.5, 0.6) is 0 Å². The van der Waals surface area contributed by atoms with E-state index in [1.54, 1.807) is 42.5 Å². The Morgan fingerprint density at radius 2 is 1.68 bits per heavy atom. The minimum atomic E-state index is -1.27. The van der Waals surface area contributed by atoms with E-state index in [9.17, 15) is 19.5 Å². The highest BCUT2D eigenvalue weighted by molar-refractivity contribution is 5.97. The first-order valence-electron chi connectivity index (χ1n) is 10.2. The molecule has 0 aliphatic carbocycles. The molecule has 0 heterocycles. The summed E-state index contributed by atoms with van der Waals surface area (Å²) in [6.07, 6.45) is 0. The van der Waals surface area contributed by atoms with Gasteiger partial charge in [0.25, 0.3) is 11.8 Å². The number of rotatable bonds is 10. The average molecular weight is 428 g/mol. The number of benzene rings is 2. The fourth-order valence-electron chi connectivity index (χ4n) is 3.03. The lowest BCUT2D eigenvalue weighted by molar-refractivity contribution is -0.150. The molecule has 3 N–H and O–H groups in total. The number of hydrogen-bond acceptors (Lipinski definition) is 6. The molecule has 8 heteroatoms. The summed E-state index contributed by atoms with van der Waals surface area (Å²) in [5.74, 6) is -1.94. The van der Waals surface area contributed by atoms with Crippen LogP contribution in [0.15, 0.2) is 54.6 Å². The van der Waals surface area contributed by atoms with Crippen LogP contribution in [0, 0.1) is 0 Å². The van der Waals surface area contributed by atoms with Crippen LogP contribution in [0.3, 0.4) is 0 Å². The van der Waals surface area contributed by atoms with Gasteiger partial charge in [-0.15, -0.1) is 0 Å². The molecule has 1 unspecified atom stereocenters. The Hall–Kier alpha value is -3.39. The second-order valence-corrected chi connectivity index (χ2v) is 7.16. The monoisotopic (exact) mass is 427 g/mol. The van der Waals surface area contributed by atoms with Crippen LogP contribution in [-0.4, -0.2) is 54.7 Å². The van der Waals surface area contributed by atoms with Crippen LogP contribution >= 0.6 is 0 Å². The summed E-state index contributed by atoms with van der Waals surface area (Å²) in [6.45, 7) is 5.97. The van der Waals surface area contributed by atoms with Crippen molar-refractivity contribution in [2.45, 2.75) is 32.9 Å². The molecule has 2 rings (SSSR count).